The van der Waals surface area contributed by atoms with E-state index >= 15 is 0 Å². The molecule has 23 heavy (non-hydrogen) atoms. The molecule has 0 aromatic heterocycles. The van der Waals surface area contributed by atoms with Crippen LogP contribution in [0.2, 0.25) is 0 Å². The Hall–Kier alpha value is -1.67. The zero-order valence-electron chi connectivity index (χ0n) is 12.3. The van der Waals surface area contributed by atoms with Gasteiger partial charge in [-0.3, -0.25) is 4.79 Å². The molecule has 0 aliphatic carbocycles. The van der Waals surface area contributed by atoms with Crippen LogP contribution in [-0.4, -0.2) is 12.4 Å². The molecular weight excluding hydrogens is 344 g/mol. The first-order valence-electron chi connectivity index (χ1n) is 5.39. The van der Waals surface area contributed by atoms with E-state index in [0.29, 0.717) is 13.2 Å². The summed E-state index contributed by atoms with van der Waals surface area (Å²) in [5, 5.41) is 0. The molecule has 0 saturated heterocycles. The van der Waals surface area contributed by atoms with Gasteiger partial charge in [-0.1, -0.05) is 30.3 Å². The zero-order chi connectivity index (χ0) is 18.2. The van der Waals surface area contributed by atoms with Crippen molar-refractivity contribution < 1.29 is 45.2 Å². The standard InChI is InChI=1S/C12H14O2.4CO.Fe/c1-11(13)6-5-9-14-10-12-7-3-2-4-8-12;4*1-2;/h2-8H,9-10H2,1H3;;;;;. The molecular formula is C16H14FeO6. The molecule has 0 N–H and O–H groups in total. The minimum absolute atomic E-state index is 0. The summed E-state index contributed by atoms with van der Waals surface area (Å²) < 4.78 is 35.3. The molecule has 1 aromatic carbocycles. The Kier molecular flexibility index (Phi) is 53.2. The number of carbonyl (C=O) groups excluding carboxylic acids is 1. The Bertz CT molecular complexity index is 398. The summed E-state index contributed by atoms with van der Waals surface area (Å²) >= 11 is 0. The van der Waals surface area contributed by atoms with Gasteiger partial charge in [0, 0.05) is 23.5 Å². The smallest absolute Gasteiger partial charge is 0 e. The summed E-state index contributed by atoms with van der Waals surface area (Å²) in [7, 11) is 0. The number of hydrogen-bond acceptors (Lipinski definition) is 2. The van der Waals surface area contributed by atoms with Gasteiger partial charge < -0.3 is 4.74 Å². The Balaban J connectivity index is -0.000000105. The van der Waals surface area contributed by atoms with Gasteiger partial charge in [-0.05, 0) is 18.9 Å². The molecule has 7 heteroatoms. The van der Waals surface area contributed by atoms with Crippen molar-refractivity contribution in [1.29, 1.82) is 0 Å². The van der Waals surface area contributed by atoms with Crippen molar-refractivity contribution in [2.75, 3.05) is 6.61 Å². The maximum Gasteiger partial charge on any atom is 0 e. The Morgan fingerprint density at radius 2 is 1.43 bits per heavy atom. The van der Waals surface area contributed by atoms with Crippen molar-refractivity contribution in [2.45, 2.75) is 13.5 Å². The van der Waals surface area contributed by atoms with Crippen molar-refractivity contribution in [1.82, 2.24) is 0 Å². The van der Waals surface area contributed by atoms with E-state index in [1.54, 1.807) is 6.42 Å². The van der Waals surface area contributed by atoms with E-state index in [9.17, 15) is 4.79 Å². The van der Waals surface area contributed by atoms with E-state index in [-0.39, 0.29) is 22.9 Å². The molecule has 6 nitrogen and oxygen atoms in total. The fraction of sp³-hybridized carbons (Fsp3) is 0.188. The van der Waals surface area contributed by atoms with Crippen LogP contribution in [0.3, 0.4) is 0 Å². The Morgan fingerprint density at radius 3 is 1.83 bits per heavy atom. The number of ketones is 1. The van der Waals surface area contributed by atoms with Gasteiger partial charge in [0.25, 0.3) is 0 Å². The number of hydrogen-bond donors (Lipinski definition) is 0. The van der Waals surface area contributed by atoms with Gasteiger partial charge >= 0.3 is 45.2 Å². The summed E-state index contributed by atoms with van der Waals surface area (Å²) in [5.41, 5.74) is 1.14. The summed E-state index contributed by atoms with van der Waals surface area (Å²) in [6.07, 6.45) is 3.25. The molecule has 122 valence electrons. The second-order valence-electron chi connectivity index (χ2n) is 3.01. The number of carbonyl (C=O) groups is 1. The summed E-state index contributed by atoms with van der Waals surface area (Å²) in [6, 6.07) is 9.94. The van der Waals surface area contributed by atoms with E-state index in [1.165, 1.54) is 13.3 Å². The molecule has 2 radical (unpaired) electrons. The second-order valence-corrected chi connectivity index (χ2v) is 3.01. The molecule has 0 unspecified atom stereocenters. The molecule has 0 amide bonds. The fourth-order valence-electron chi connectivity index (χ4n) is 1.03. The van der Waals surface area contributed by atoms with Crippen LogP contribution in [-0.2, 0) is 51.8 Å². The van der Waals surface area contributed by atoms with Gasteiger partial charge in [0.1, 0.15) is 5.78 Å². The molecule has 0 spiro atoms. The molecule has 1 aromatic rings. The van der Waals surface area contributed by atoms with Crippen LogP contribution >= 0.6 is 0 Å². The Labute approximate surface area is 146 Å². The predicted octanol–water partition coefficient (Wildman–Crippen LogP) is 2.05. The third-order valence-corrected chi connectivity index (χ3v) is 1.68. The predicted molar refractivity (Wildman–Crippen MR) is 71.1 cm³/mol. The van der Waals surface area contributed by atoms with Crippen molar-refractivity contribution in [3.05, 3.63) is 75.3 Å². The minimum atomic E-state index is 0. The van der Waals surface area contributed by atoms with Crippen LogP contribution in [0.4, 0.5) is 0 Å². The minimum Gasteiger partial charge on any atom is 0 e. The number of ether oxygens (including phenoxy) is 1. The van der Waals surface area contributed by atoms with E-state index in [0.717, 1.165) is 5.56 Å². The average molecular weight is 358 g/mol. The normalized spacial score (nSPS) is 6.48. The summed E-state index contributed by atoms with van der Waals surface area (Å²) in [6.45, 7) is 20.6. The largest absolute Gasteiger partial charge is 0 e. The van der Waals surface area contributed by atoms with E-state index in [2.05, 4.69) is 26.6 Å². The van der Waals surface area contributed by atoms with Crippen LogP contribution in [0, 0.1) is 39.4 Å². The quantitative estimate of drug-likeness (QED) is 0.336. The van der Waals surface area contributed by atoms with Crippen molar-refractivity contribution in [3.63, 3.8) is 0 Å². The molecule has 0 bridgehead atoms. The number of benzene rings is 1. The van der Waals surface area contributed by atoms with Crippen LogP contribution in [0.25, 0.3) is 0 Å². The zero-order valence-corrected chi connectivity index (χ0v) is 13.4. The van der Waals surface area contributed by atoms with E-state index in [4.69, 9.17) is 23.3 Å². The molecule has 0 fully saturated rings. The van der Waals surface area contributed by atoms with E-state index in [1.807, 2.05) is 30.3 Å². The SMILES string of the molecule is CC(=O)[CH][CH]COCc1ccccc1.[C-]#[O+].[C-]#[O+].[C-]#[O+].[C-]#[O+].[Fe]. The molecule has 0 atom stereocenters. The fourth-order valence-corrected chi connectivity index (χ4v) is 1.03. The topological polar surface area (TPSA) is 106 Å². The maximum atomic E-state index is 10.5. The summed E-state index contributed by atoms with van der Waals surface area (Å²) in [5.74, 6) is 0.0494. The first-order chi connectivity index (χ1) is 10.8. The molecule has 1 rings (SSSR count). The second kappa shape index (κ2) is 37.0. The van der Waals surface area contributed by atoms with Crippen molar-refractivity contribution >= 4 is 5.78 Å². The molecule has 0 saturated carbocycles. The summed E-state index contributed by atoms with van der Waals surface area (Å²) in [4.78, 5) is 10.5. The van der Waals surface area contributed by atoms with Gasteiger partial charge in [0.05, 0.1) is 13.2 Å². The van der Waals surface area contributed by atoms with Crippen LogP contribution in [0.5, 0.6) is 0 Å². The van der Waals surface area contributed by atoms with Gasteiger partial charge in [0.2, 0.25) is 0 Å². The van der Waals surface area contributed by atoms with Crippen LogP contribution in [0.15, 0.2) is 30.3 Å². The van der Waals surface area contributed by atoms with Gasteiger partial charge in [-0.15, -0.1) is 0 Å². The molecule has 0 aliphatic heterocycles. The first kappa shape index (κ1) is 33.1. The third-order valence-electron chi connectivity index (χ3n) is 1.68. The number of Topliss-reactive ketones (excluding diaryl/α,β-unsaturated/α-hetero) is 1. The first-order valence-corrected chi connectivity index (χ1v) is 5.39. The van der Waals surface area contributed by atoms with Gasteiger partial charge in [-0.2, -0.15) is 0 Å². The average Bonchev–Trinajstić information content (AvgIpc) is 2.62. The van der Waals surface area contributed by atoms with E-state index < -0.39 is 0 Å². The third kappa shape index (κ3) is 33.3. The Morgan fingerprint density at radius 1 is 1.00 bits per heavy atom. The molecule has 0 heterocycles. The monoisotopic (exact) mass is 358 g/mol. The van der Waals surface area contributed by atoms with Crippen molar-refractivity contribution in [2.24, 2.45) is 0 Å². The van der Waals surface area contributed by atoms with Gasteiger partial charge in [-0.25, -0.2) is 0 Å². The molecule has 0 aliphatic rings. The van der Waals surface area contributed by atoms with Crippen LogP contribution < -0.4 is 0 Å². The number of rotatable bonds is 6. The maximum absolute atomic E-state index is 10.5. The van der Waals surface area contributed by atoms with Crippen LogP contribution in [0.1, 0.15) is 12.5 Å². The van der Waals surface area contributed by atoms with Gasteiger partial charge in [0.15, 0.2) is 0 Å². The van der Waals surface area contributed by atoms with Crippen molar-refractivity contribution in [3.8, 4) is 0 Å².